The van der Waals surface area contributed by atoms with E-state index in [0.29, 0.717) is 36.9 Å². The molecule has 2 aromatic rings. The van der Waals surface area contributed by atoms with E-state index in [-0.39, 0.29) is 22.4 Å². The average molecular weight is 404 g/mol. The summed E-state index contributed by atoms with van der Waals surface area (Å²) in [4.78, 5) is 10.3. The monoisotopic (exact) mass is 404 g/mol. The van der Waals surface area contributed by atoms with Crippen LogP contribution in [0.3, 0.4) is 0 Å². The minimum atomic E-state index is -3.61. The van der Waals surface area contributed by atoms with Crippen LogP contribution in [0.15, 0.2) is 33.6 Å². The highest BCUT2D eigenvalue weighted by Gasteiger charge is 2.33. The van der Waals surface area contributed by atoms with Gasteiger partial charge in [0.05, 0.1) is 12.3 Å². The first-order chi connectivity index (χ1) is 13.3. The molecule has 4 rings (SSSR count). The number of aryl methyl sites for hydroxylation is 2. The third-order valence-corrected chi connectivity index (χ3v) is 6.41. The van der Waals surface area contributed by atoms with Crippen LogP contribution in [0.4, 0.5) is 4.39 Å². The normalized spacial score (nSPS) is 18.7. The number of hydrogen-bond donors (Lipinski definition) is 0. The molecule has 0 aliphatic carbocycles. The molecule has 0 bridgehead atoms. The molecule has 1 aromatic carbocycles. The van der Waals surface area contributed by atoms with Gasteiger partial charge in [0.15, 0.2) is 5.84 Å². The Morgan fingerprint density at radius 2 is 1.89 bits per heavy atom. The van der Waals surface area contributed by atoms with E-state index in [0.717, 1.165) is 12.8 Å². The number of benzene rings is 1. The van der Waals surface area contributed by atoms with Gasteiger partial charge in [-0.3, -0.25) is 0 Å². The summed E-state index contributed by atoms with van der Waals surface area (Å²) in [5, 5.41) is 0. The summed E-state index contributed by atoms with van der Waals surface area (Å²) in [6.45, 7) is 4.99. The van der Waals surface area contributed by atoms with Crippen molar-refractivity contribution >= 4 is 15.9 Å². The summed E-state index contributed by atoms with van der Waals surface area (Å²) in [5.74, 6) is 0.698. The van der Waals surface area contributed by atoms with Gasteiger partial charge in [-0.05, 0) is 44.7 Å². The first-order valence-corrected chi connectivity index (χ1v) is 10.6. The molecular formula is C19H21FN4O3S. The lowest BCUT2D eigenvalue weighted by molar-refractivity contribution is 0.171. The third kappa shape index (κ3) is 3.46. The van der Waals surface area contributed by atoms with E-state index < -0.39 is 15.8 Å². The number of piperidine rings is 1. The van der Waals surface area contributed by atoms with Crippen LogP contribution < -0.4 is 4.74 Å². The molecule has 7 nitrogen and oxygen atoms in total. The molecule has 9 heteroatoms. The van der Waals surface area contributed by atoms with Gasteiger partial charge in [0.1, 0.15) is 10.7 Å². The zero-order chi connectivity index (χ0) is 19.9. The van der Waals surface area contributed by atoms with Crippen LogP contribution in [0.1, 0.15) is 29.9 Å². The van der Waals surface area contributed by atoms with Crippen LogP contribution in [0.2, 0.25) is 0 Å². The summed E-state index contributed by atoms with van der Waals surface area (Å²) < 4.78 is 48.2. The molecule has 0 spiro atoms. The standard InChI is InChI=1S/C19H21FN4O3S/c1-12-17(20)19(22-13(2)21-12)27-11-14-7-9-24(10-8-14)18-15-5-3-4-6-16(15)28(25,26)23-18/h3-6,14H,7-11H2,1-2H3. The van der Waals surface area contributed by atoms with Crippen molar-refractivity contribution < 1.29 is 17.5 Å². The van der Waals surface area contributed by atoms with Crippen LogP contribution in [-0.2, 0) is 10.0 Å². The third-order valence-electron chi connectivity index (χ3n) is 5.08. The number of hydrogen-bond acceptors (Lipinski definition) is 6. The largest absolute Gasteiger partial charge is 0.475 e. The number of fused-ring (bicyclic) bond motifs is 1. The van der Waals surface area contributed by atoms with Gasteiger partial charge in [-0.25, -0.2) is 4.98 Å². The Kier molecular flexibility index (Phi) is 4.78. The smallest absolute Gasteiger partial charge is 0.285 e. The average Bonchev–Trinajstić information content (AvgIpc) is 2.95. The number of nitrogens with zero attached hydrogens (tertiary/aromatic N) is 4. The van der Waals surface area contributed by atoms with Gasteiger partial charge in [-0.15, -0.1) is 4.40 Å². The minimum absolute atomic E-state index is 0.00683. The van der Waals surface area contributed by atoms with Crippen molar-refractivity contribution in [2.24, 2.45) is 10.3 Å². The van der Waals surface area contributed by atoms with Crippen molar-refractivity contribution in [1.82, 2.24) is 14.9 Å². The lowest BCUT2D eigenvalue weighted by Crippen LogP contribution is -2.39. The summed E-state index contributed by atoms with van der Waals surface area (Å²) in [5.41, 5.74) is 0.933. The molecular weight excluding hydrogens is 383 g/mol. The van der Waals surface area contributed by atoms with Crippen molar-refractivity contribution in [3.05, 3.63) is 47.2 Å². The Balaban J connectivity index is 1.40. The zero-order valence-electron chi connectivity index (χ0n) is 15.7. The van der Waals surface area contributed by atoms with Gasteiger partial charge >= 0.3 is 0 Å². The van der Waals surface area contributed by atoms with Crippen LogP contribution >= 0.6 is 0 Å². The quantitative estimate of drug-likeness (QED) is 0.781. The van der Waals surface area contributed by atoms with E-state index in [4.69, 9.17) is 4.74 Å². The first kappa shape index (κ1) is 18.8. The Bertz CT molecular complexity index is 1050. The molecule has 0 amide bonds. The predicted molar refractivity (Wildman–Crippen MR) is 101 cm³/mol. The highest BCUT2D eigenvalue weighted by Crippen LogP contribution is 2.30. The molecule has 1 fully saturated rings. The number of aromatic nitrogens is 2. The highest BCUT2D eigenvalue weighted by molar-refractivity contribution is 7.90. The van der Waals surface area contributed by atoms with Crippen LogP contribution in [0.5, 0.6) is 5.88 Å². The Labute approximate surface area is 163 Å². The number of amidine groups is 1. The number of sulfonamides is 1. The summed E-state index contributed by atoms with van der Waals surface area (Å²) in [7, 11) is -3.61. The number of ether oxygens (including phenoxy) is 1. The van der Waals surface area contributed by atoms with E-state index in [1.807, 2.05) is 11.0 Å². The molecule has 0 radical (unpaired) electrons. The predicted octanol–water partition coefficient (Wildman–Crippen LogP) is 2.47. The first-order valence-electron chi connectivity index (χ1n) is 9.18. The van der Waals surface area contributed by atoms with Crippen molar-refractivity contribution in [3.63, 3.8) is 0 Å². The lowest BCUT2D eigenvalue weighted by atomic mass is 9.97. The van der Waals surface area contributed by atoms with Crippen molar-refractivity contribution in [1.29, 1.82) is 0 Å². The van der Waals surface area contributed by atoms with Crippen molar-refractivity contribution in [2.45, 2.75) is 31.6 Å². The van der Waals surface area contributed by atoms with E-state index in [9.17, 15) is 12.8 Å². The second kappa shape index (κ2) is 7.12. The maximum absolute atomic E-state index is 14.1. The fraction of sp³-hybridized carbons (Fsp3) is 0.421. The SMILES string of the molecule is Cc1nc(C)c(F)c(OCC2CCN(C3=NS(=O)(=O)c4ccccc43)CC2)n1. The second-order valence-electron chi connectivity index (χ2n) is 7.10. The van der Waals surface area contributed by atoms with Crippen LogP contribution in [0.25, 0.3) is 0 Å². The second-order valence-corrected chi connectivity index (χ2v) is 8.68. The molecule has 148 valence electrons. The Morgan fingerprint density at radius 1 is 1.18 bits per heavy atom. The molecule has 3 heterocycles. The number of likely N-dealkylation sites (tertiary alicyclic amines) is 1. The Morgan fingerprint density at radius 3 is 2.64 bits per heavy atom. The highest BCUT2D eigenvalue weighted by atomic mass is 32.2. The molecule has 0 N–H and O–H groups in total. The fourth-order valence-corrected chi connectivity index (χ4v) is 4.82. The van der Waals surface area contributed by atoms with Gasteiger partial charge < -0.3 is 9.64 Å². The maximum atomic E-state index is 14.1. The topological polar surface area (TPSA) is 84.8 Å². The fourth-order valence-electron chi connectivity index (χ4n) is 3.59. The maximum Gasteiger partial charge on any atom is 0.285 e. The van der Waals surface area contributed by atoms with Gasteiger partial charge in [0, 0.05) is 18.7 Å². The molecule has 28 heavy (non-hydrogen) atoms. The van der Waals surface area contributed by atoms with Crippen LogP contribution in [0, 0.1) is 25.6 Å². The van der Waals surface area contributed by atoms with Crippen molar-refractivity contribution in [3.8, 4) is 5.88 Å². The Hall–Kier alpha value is -2.55. The molecule has 0 saturated carbocycles. The molecule has 0 atom stereocenters. The summed E-state index contributed by atoms with van der Waals surface area (Å²) in [6, 6.07) is 6.89. The van der Waals surface area contributed by atoms with E-state index in [2.05, 4.69) is 14.4 Å². The number of rotatable bonds is 3. The van der Waals surface area contributed by atoms with Crippen LogP contribution in [-0.4, -0.2) is 48.8 Å². The molecule has 2 aliphatic rings. The van der Waals surface area contributed by atoms with Crippen molar-refractivity contribution in [2.75, 3.05) is 19.7 Å². The van der Waals surface area contributed by atoms with Gasteiger partial charge in [-0.2, -0.15) is 17.8 Å². The molecule has 0 unspecified atom stereocenters. The summed E-state index contributed by atoms with van der Waals surface area (Å²) >= 11 is 0. The lowest BCUT2D eigenvalue weighted by Gasteiger charge is -2.33. The van der Waals surface area contributed by atoms with E-state index >= 15 is 0 Å². The van der Waals surface area contributed by atoms with E-state index in [1.54, 1.807) is 32.0 Å². The van der Waals surface area contributed by atoms with Gasteiger partial charge in [0.2, 0.25) is 5.82 Å². The van der Waals surface area contributed by atoms with Gasteiger partial charge in [0.25, 0.3) is 15.9 Å². The summed E-state index contributed by atoms with van der Waals surface area (Å²) in [6.07, 6.45) is 1.60. The van der Waals surface area contributed by atoms with Gasteiger partial charge in [-0.1, -0.05) is 12.1 Å². The number of halogens is 1. The molecule has 1 aromatic heterocycles. The zero-order valence-corrected chi connectivity index (χ0v) is 16.5. The molecule has 1 saturated heterocycles. The molecule has 2 aliphatic heterocycles. The van der Waals surface area contributed by atoms with E-state index in [1.165, 1.54) is 0 Å². The minimum Gasteiger partial charge on any atom is -0.475 e.